The topological polar surface area (TPSA) is 88.7 Å². The summed E-state index contributed by atoms with van der Waals surface area (Å²) in [7, 11) is 0. The molecule has 0 saturated heterocycles. The Morgan fingerprint density at radius 1 is 1.46 bits per heavy atom. The van der Waals surface area contributed by atoms with Gasteiger partial charge in [0.2, 0.25) is 0 Å². The quantitative estimate of drug-likeness (QED) is 0.555. The largest absolute Gasteiger partial charge is 0.396 e. The van der Waals surface area contributed by atoms with Gasteiger partial charge < -0.3 is 11.5 Å². The summed E-state index contributed by atoms with van der Waals surface area (Å²) in [5, 5.41) is 8.24. The number of anilines is 2. The number of nitrogens with zero attached hydrogens (tertiary/aromatic N) is 2. The molecular formula is C9H8N4. The van der Waals surface area contributed by atoms with Crippen molar-refractivity contribution in [1.29, 1.82) is 5.26 Å². The summed E-state index contributed by atoms with van der Waals surface area (Å²) < 4.78 is 0. The lowest BCUT2D eigenvalue weighted by molar-refractivity contribution is 1.20. The van der Waals surface area contributed by atoms with Crippen molar-refractivity contribution in [3.8, 4) is 17.9 Å². The molecule has 13 heavy (non-hydrogen) atoms. The molecule has 1 rings (SSSR count). The van der Waals surface area contributed by atoms with E-state index in [1.807, 2.05) is 0 Å². The van der Waals surface area contributed by atoms with Crippen LogP contribution in [0.4, 0.5) is 11.5 Å². The molecule has 4 heteroatoms. The minimum Gasteiger partial charge on any atom is -0.396 e. The van der Waals surface area contributed by atoms with Crippen LogP contribution in [-0.4, -0.2) is 4.98 Å². The van der Waals surface area contributed by atoms with Gasteiger partial charge in [-0.15, -0.1) is 0 Å². The summed E-state index contributed by atoms with van der Waals surface area (Å²) in [6.45, 7) is 1.76. The molecule has 4 nitrogen and oxygen atoms in total. The fourth-order valence-electron chi connectivity index (χ4n) is 0.861. The minimum atomic E-state index is 0.292. The third-order valence-corrected chi connectivity index (χ3v) is 1.53. The van der Waals surface area contributed by atoms with Gasteiger partial charge in [0.15, 0.2) is 6.07 Å². The number of aryl methyl sites for hydroxylation is 1. The van der Waals surface area contributed by atoms with Crippen LogP contribution in [0.5, 0.6) is 0 Å². The van der Waals surface area contributed by atoms with Gasteiger partial charge in [-0.05, 0) is 18.9 Å². The van der Waals surface area contributed by atoms with Gasteiger partial charge in [-0.2, -0.15) is 5.26 Å². The highest BCUT2D eigenvalue weighted by atomic mass is 14.9. The third kappa shape index (κ3) is 1.88. The number of nitrogens with two attached hydrogens (primary N) is 2. The minimum absolute atomic E-state index is 0.292. The summed E-state index contributed by atoms with van der Waals surface area (Å²) >= 11 is 0. The van der Waals surface area contributed by atoms with Gasteiger partial charge in [0.1, 0.15) is 5.82 Å². The molecule has 0 atom stereocenters. The Labute approximate surface area is 76.2 Å². The molecule has 0 saturated carbocycles. The van der Waals surface area contributed by atoms with Crippen molar-refractivity contribution in [2.45, 2.75) is 6.92 Å². The zero-order valence-corrected chi connectivity index (χ0v) is 7.13. The molecule has 0 aromatic carbocycles. The maximum atomic E-state index is 8.24. The Kier molecular flexibility index (Phi) is 2.37. The number of aromatic nitrogens is 1. The molecule has 1 heterocycles. The van der Waals surface area contributed by atoms with Crippen molar-refractivity contribution < 1.29 is 0 Å². The van der Waals surface area contributed by atoms with E-state index >= 15 is 0 Å². The lowest BCUT2D eigenvalue weighted by Crippen LogP contribution is -2.01. The molecule has 1 aromatic heterocycles. The molecule has 0 amide bonds. The number of nitriles is 1. The van der Waals surface area contributed by atoms with Crippen molar-refractivity contribution in [2.24, 2.45) is 0 Å². The highest BCUT2D eigenvalue weighted by molar-refractivity contribution is 5.62. The maximum Gasteiger partial charge on any atom is 0.152 e. The van der Waals surface area contributed by atoms with Gasteiger partial charge in [0.05, 0.1) is 11.4 Å². The average molecular weight is 172 g/mol. The maximum absolute atomic E-state index is 8.24. The van der Waals surface area contributed by atoms with Gasteiger partial charge >= 0.3 is 0 Å². The van der Waals surface area contributed by atoms with E-state index in [0.29, 0.717) is 22.8 Å². The van der Waals surface area contributed by atoms with Crippen LogP contribution < -0.4 is 11.5 Å². The van der Waals surface area contributed by atoms with Crippen molar-refractivity contribution in [1.82, 2.24) is 4.98 Å². The first kappa shape index (κ1) is 8.89. The van der Waals surface area contributed by atoms with E-state index in [9.17, 15) is 0 Å². The van der Waals surface area contributed by atoms with Crippen molar-refractivity contribution in [3.63, 3.8) is 0 Å². The van der Waals surface area contributed by atoms with Crippen molar-refractivity contribution >= 4 is 11.5 Å². The van der Waals surface area contributed by atoms with Crippen LogP contribution in [0, 0.1) is 30.1 Å². The zero-order valence-electron chi connectivity index (χ0n) is 7.13. The number of hydrogen-bond donors (Lipinski definition) is 2. The number of nitrogen functional groups attached to an aromatic ring is 2. The van der Waals surface area contributed by atoms with E-state index in [1.165, 1.54) is 0 Å². The fourth-order valence-corrected chi connectivity index (χ4v) is 0.861. The first-order valence-corrected chi connectivity index (χ1v) is 3.58. The van der Waals surface area contributed by atoms with Crippen LogP contribution >= 0.6 is 0 Å². The molecule has 4 N–H and O–H groups in total. The first-order chi connectivity index (χ1) is 6.15. The molecule has 0 aliphatic heterocycles. The molecule has 0 fully saturated rings. The second kappa shape index (κ2) is 3.46. The molecule has 0 aliphatic carbocycles. The third-order valence-electron chi connectivity index (χ3n) is 1.53. The lowest BCUT2D eigenvalue weighted by Gasteiger charge is -2.02. The standard InChI is InChI=1S/C9H8N4/c1-6-7(3-2-4-10)5-8(11)9(12)13-6/h5H,11H2,1H3,(H2,12,13). The smallest absolute Gasteiger partial charge is 0.152 e. The molecule has 0 bridgehead atoms. The molecule has 1 aromatic rings. The van der Waals surface area contributed by atoms with Gasteiger partial charge in [0.25, 0.3) is 0 Å². The summed E-state index contributed by atoms with van der Waals surface area (Å²) in [4.78, 5) is 3.97. The Hall–Kier alpha value is -2.20. The lowest BCUT2D eigenvalue weighted by atomic mass is 10.2. The molecule has 64 valence electrons. The summed E-state index contributed by atoms with van der Waals surface area (Å²) in [6, 6.07) is 3.33. The molecule has 0 radical (unpaired) electrons. The number of rotatable bonds is 0. The van der Waals surface area contributed by atoms with Crippen molar-refractivity contribution in [3.05, 3.63) is 17.3 Å². The van der Waals surface area contributed by atoms with Crippen LogP contribution in [0.1, 0.15) is 11.3 Å². The summed E-state index contributed by atoms with van der Waals surface area (Å²) in [6.07, 6.45) is 0. The van der Waals surface area contributed by atoms with Crippen LogP contribution in [0.25, 0.3) is 0 Å². The monoisotopic (exact) mass is 172 g/mol. The molecule has 0 unspecified atom stereocenters. The highest BCUT2D eigenvalue weighted by Crippen LogP contribution is 2.15. The van der Waals surface area contributed by atoms with E-state index in [0.717, 1.165) is 0 Å². The zero-order chi connectivity index (χ0) is 9.84. The SMILES string of the molecule is Cc1nc(N)c(N)cc1C#CC#N. The van der Waals surface area contributed by atoms with Crippen LogP contribution in [-0.2, 0) is 0 Å². The average Bonchev–Trinajstić information content (AvgIpc) is 2.09. The van der Waals surface area contributed by atoms with Crippen LogP contribution in [0.2, 0.25) is 0 Å². The Morgan fingerprint density at radius 2 is 2.15 bits per heavy atom. The van der Waals surface area contributed by atoms with Crippen LogP contribution in [0.3, 0.4) is 0 Å². The number of hydrogen-bond acceptors (Lipinski definition) is 4. The van der Waals surface area contributed by atoms with E-state index in [-0.39, 0.29) is 0 Å². The predicted octanol–water partition coefficient (Wildman–Crippen LogP) is 0.430. The molecular weight excluding hydrogens is 164 g/mol. The Bertz CT molecular complexity index is 431. The van der Waals surface area contributed by atoms with Gasteiger partial charge in [-0.25, -0.2) is 4.98 Å². The van der Waals surface area contributed by atoms with E-state index in [2.05, 4.69) is 16.8 Å². The Balaban J connectivity index is 3.25. The second-order valence-corrected chi connectivity index (χ2v) is 2.46. The van der Waals surface area contributed by atoms with E-state index in [4.69, 9.17) is 16.7 Å². The fraction of sp³-hybridized carbons (Fsp3) is 0.111. The molecule has 0 spiro atoms. The number of pyridine rings is 1. The first-order valence-electron chi connectivity index (χ1n) is 3.58. The Morgan fingerprint density at radius 3 is 2.77 bits per heavy atom. The van der Waals surface area contributed by atoms with E-state index < -0.39 is 0 Å². The summed E-state index contributed by atoms with van der Waals surface area (Å²) in [5.41, 5.74) is 12.7. The highest BCUT2D eigenvalue weighted by Gasteiger charge is 2.01. The second-order valence-electron chi connectivity index (χ2n) is 2.46. The summed E-state index contributed by atoms with van der Waals surface area (Å²) in [5.74, 6) is 5.18. The van der Waals surface area contributed by atoms with Gasteiger partial charge in [-0.3, -0.25) is 0 Å². The van der Waals surface area contributed by atoms with Gasteiger partial charge in [-0.1, -0.05) is 0 Å². The normalized spacial score (nSPS) is 8.31. The van der Waals surface area contributed by atoms with Gasteiger partial charge in [0, 0.05) is 11.5 Å². The van der Waals surface area contributed by atoms with E-state index in [1.54, 1.807) is 19.1 Å². The van der Waals surface area contributed by atoms with Crippen LogP contribution in [0.15, 0.2) is 6.07 Å². The molecule has 0 aliphatic rings. The van der Waals surface area contributed by atoms with Crippen molar-refractivity contribution in [2.75, 3.05) is 11.5 Å². The predicted molar refractivity (Wildman–Crippen MR) is 50.3 cm³/mol.